The van der Waals surface area contributed by atoms with Gasteiger partial charge in [0.2, 0.25) is 0 Å². The summed E-state index contributed by atoms with van der Waals surface area (Å²) in [5.41, 5.74) is 2.41. The fourth-order valence-electron chi connectivity index (χ4n) is 1.99. The van der Waals surface area contributed by atoms with Crippen LogP contribution in [0.3, 0.4) is 0 Å². The van der Waals surface area contributed by atoms with Crippen molar-refractivity contribution in [3.05, 3.63) is 60.2 Å². The van der Waals surface area contributed by atoms with Gasteiger partial charge in [0.25, 0.3) is 0 Å². The third-order valence-corrected chi connectivity index (χ3v) is 6.68. The maximum atomic E-state index is 4.35. The summed E-state index contributed by atoms with van der Waals surface area (Å²) in [6.45, 7) is 0. The lowest BCUT2D eigenvalue weighted by atomic mass is 10.3. The highest BCUT2D eigenvalue weighted by Gasteiger charge is 1.96. The number of nitrogens with zero attached hydrogens (tertiary/aromatic N) is 2. The van der Waals surface area contributed by atoms with Gasteiger partial charge >= 0.3 is 0 Å². The predicted molar refractivity (Wildman–Crippen MR) is 108 cm³/mol. The molecule has 0 aromatic carbocycles. The summed E-state index contributed by atoms with van der Waals surface area (Å²) in [5, 5.41) is 0. The minimum atomic E-state index is 1.08. The molecule has 0 unspecified atom stereocenters. The first kappa shape index (κ1) is 18.7. The Morgan fingerprint density at radius 2 is 1.00 bits per heavy atom. The molecule has 0 amide bonds. The number of thioether (sulfide) groups is 3. The van der Waals surface area contributed by atoms with E-state index in [4.69, 9.17) is 0 Å². The summed E-state index contributed by atoms with van der Waals surface area (Å²) in [6.07, 6.45) is 5.92. The molecule has 2 nitrogen and oxygen atoms in total. The quantitative estimate of drug-likeness (QED) is 0.518. The van der Waals surface area contributed by atoms with Crippen molar-refractivity contribution in [2.75, 3.05) is 34.5 Å². The highest BCUT2D eigenvalue weighted by atomic mass is 32.2. The van der Waals surface area contributed by atoms with Gasteiger partial charge in [-0.05, 0) is 48.6 Å². The van der Waals surface area contributed by atoms with E-state index in [1.807, 2.05) is 48.1 Å². The van der Waals surface area contributed by atoms with Crippen molar-refractivity contribution in [2.24, 2.45) is 0 Å². The molecule has 5 heteroatoms. The molecule has 0 aliphatic heterocycles. The molecular weight excluding hydrogens is 340 g/mol. The van der Waals surface area contributed by atoms with Crippen molar-refractivity contribution in [1.82, 2.24) is 9.97 Å². The van der Waals surface area contributed by atoms with E-state index in [-0.39, 0.29) is 0 Å². The van der Waals surface area contributed by atoms with Gasteiger partial charge in [0.1, 0.15) is 0 Å². The Kier molecular flexibility index (Phi) is 10.3. The van der Waals surface area contributed by atoms with E-state index in [1.165, 1.54) is 45.9 Å². The molecule has 0 radical (unpaired) electrons. The van der Waals surface area contributed by atoms with Crippen LogP contribution in [0.5, 0.6) is 0 Å². The fraction of sp³-hybridized carbons (Fsp3) is 0.444. The SMILES string of the molecule is c1ccc(CCSCCSCCSCCc2ccccn2)nc1. The van der Waals surface area contributed by atoms with E-state index in [9.17, 15) is 0 Å². The van der Waals surface area contributed by atoms with E-state index in [0.717, 1.165) is 12.8 Å². The summed E-state index contributed by atoms with van der Waals surface area (Å²) in [5.74, 6) is 7.36. The van der Waals surface area contributed by atoms with E-state index in [1.54, 1.807) is 0 Å². The number of rotatable bonds is 12. The zero-order valence-corrected chi connectivity index (χ0v) is 15.8. The molecule has 0 aliphatic carbocycles. The van der Waals surface area contributed by atoms with Crippen LogP contribution in [0.2, 0.25) is 0 Å². The standard InChI is InChI=1S/C18H24N2S3/c1-3-9-19-17(5-1)7-11-21-13-15-23-16-14-22-12-8-18-6-2-4-10-20-18/h1-6,9-10H,7-8,11-16H2. The van der Waals surface area contributed by atoms with Gasteiger partial charge in [-0.15, -0.1) is 0 Å². The zero-order valence-electron chi connectivity index (χ0n) is 13.4. The molecule has 124 valence electrons. The number of aromatic nitrogens is 2. The van der Waals surface area contributed by atoms with Crippen LogP contribution in [0.25, 0.3) is 0 Å². The number of aryl methyl sites for hydroxylation is 2. The minimum absolute atomic E-state index is 1.08. The number of hydrogen-bond acceptors (Lipinski definition) is 5. The van der Waals surface area contributed by atoms with E-state index >= 15 is 0 Å². The summed E-state index contributed by atoms with van der Waals surface area (Å²) >= 11 is 6.15. The lowest BCUT2D eigenvalue weighted by Crippen LogP contribution is -1.96. The second-order valence-electron chi connectivity index (χ2n) is 4.98. The molecule has 0 saturated carbocycles. The first-order chi connectivity index (χ1) is 11.4. The molecule has 2 rings (SSSR count). The van der Waals surface area contributed by atoms with Gasteiger partial charge in [-0.25, -0.2) is 0 Å². The Bertz CT molecular complexity index is 461. The van der Waals surface area contributed by atoms with Crippen molar-refractivity contribution in [2.45, 2.75) is 12.8 Å². The normalized spacial score (nSPS) is 10.8. The average Bonchev–Trinajstić information content (AvgIpc) is 2.61. The Hall–Kier alpha value is -0.650. The fourth-order valence-corrected chi connectivity index (χ4v) is 5.19. The molecule has 0 aliphatic rings. The Labute approximate surface area is 152 Å². The first-order valence-corrected chi connectivity index (χ1v) is 11.4. The molecule has 2 aromatic heterocycles. The summed E-state index contributed by atoms with van der Waals surface area (Å²) in [7, 11) is 0. The summed E-state index contributed by atoms with van der Waals surface area (Å²) in [4.78, 5) is 8.70. The second kappa shape index (κ2) is 12.7. The molecule has 0 saturated heterocycles. The van der Waals surface area contributed by atoms with Crippen LogP contribution in [-0.4, -0.2) is 44.5 Å². The Balaban J connectivity index is 1.34. The van der Waals surface area contributed by atoms with Gasteiger partial charge in [0.15, 0.2) is 0 Å². The van der Waals surface area contributed by atoms with Crippen molar-refractivity contribution in [1.29, 1.82) is 0 Å². The van der Waals surface area contributed by atoms with Crippen molar-refractivity contribution >= 4 is 35.3 Å². The van der Waals surface area contributed by atoms with Crippen molar-refractivity contribution in [3.63, 3.8) is 0 Å². The van der Waals surface area contributed by atoms with E-state index in [2.05, 4.69) is 46.0 Å². The van der Waals surface area contributed by atoms with Crippen LogP contribution in [0, 0.1) is 0 Å². The summed E-state index contributed by atoms with van der Waals surface area (Å²) in [6, 6.07) is 12.3. The monoisotopic (exact) mass is 364 g/mol. The molecule has 0 N–H and O–H groups in total. The highest BCUT2D eigenvalue weighted by molar-refractivity contribution is 8.04. The zero-order chi connectivity index (χ0) is 16.0. The maximum absolute atomic E-state index is 4.35. The van der Waals surface area contributed by atoms with Crippen LogP contribution in [0.4, 0.5) is 0 Å². The second-order valence-corrected chi connectivity index (χ2v) is 8.65. The average molecular weight is 365 g/mol. The van der Waals surface area contributed by atoms with Gasteiger partial charge < -0.3 is 0 Å². The molecule has 2 heterocycles. The number of pyridine rings is 2. The van der Waals surface area contributed by atoms with Gasteiger partial charge in [-0.2, -0.15) is 35.3 Å². The third-order valence-electron chi connectivity index (χ3n) is 3.20. The third kappa shape index (κ3) is 9.28. The molecule has 2 aromatic rings. The van der Waals surface area contributed by atoms with Gasteiger partial charge in [-0.3, -0.25) is 9.97 Å². The van der Waals surface area contributed by atoms with Crippen molar-refractivity contribution < 1.29 is 0 Å². The van der Waals surface area contributed by atoms with Crippen LogP contribution >= 0.6 is 35.3 Å². The minimum Gasteiger partial charge on any atom is -0.261 e. The van der Waals surface area contributed by atoms with Crippen LogP contribution in [-0.2, 0) is 12.8 Å². The van der Waals surface area contributed by atoms with Crippen LogP contribution < -0.4 is 0 Å². The molecule has 23 heavy (non-hydrogen) atoms. The van der Waals surface area contributed by atoms with Crippen LogP contribution in [0.1, 0.15) is 11.4 Å². The predicted octanol–water partition coefficient (Wildman–Crippen LogP) is 4.46. The summed E-state index contributed by atoms with van der Waals surface area (Å²) < 4.78 is 0. The molecular formula is C18H24N2S3. The molecule has 0 atom stereocenters. The van der Waals surface area contributed by atoms with Gasteiger partial charge in [0, 0.05) is 46.8 Å². The topological polar surface area (TPSA) is 25.8 Å². The molecule has 0 bridgehead atoms. The van der Waals surface area contributed by atoms with Crippen molar-refractivity contribution in [3.8, 4) is 0 Å². The van der Waals surface area contributed by atoms with Crippen LogP contribution in [0.15, 0.2) is 48.8 Å². The maximum Gasteiger partial charge on any atom is 0.0411 e. The lowest BCUT2D eigenvalue weighted by molar-refractivity contribution is 1.05. The Morgan fingerprint density at radius 1 is 0.565 bits per heavy atom. The van der Waals surface area contributed by atoms with Gasteiger partial charge in [-0.1, -0.05) is 12.1 Å². The number of hydrogen-bond donors (Lipinski definition) is 0. The molecule has 0 fully saturated rings. The van der Waals surface area contributed by atoms with E-state index < -0.39 is 0 Å². The smallest absolute Gasteiger partial charge is 0.0411 e. The first-order valence-electron chi connectivity index (χ1n) is 7.98. The van der Waals surface area contributed by atoms with E-state index in [0.29, 0.717) is 0 Å². The highest BCUT2D eigenvalue weighted by Crippen LogP contribution is 2.12. The largest absolute Gasteiger partial charge is 0.261 e. The Morgan fingerprint density at radius 3 is 1.39 bits per heavy atom. The molecule has 0 spiro atoms. The lowest BCUT2D eigenvalue weighted by Gasteiger charge is -2.03. The van der Waals surface area contributed by atoms with Gasteiger partial charge in [0.05, 0.1) is 0 Å².